The molecule has 0 spiro atoms. The van der Waals surface area contributed by atoms with Gasteiger partial charge in [0.05, 0.1) is 0 Å². The van der Waals surface area contributed by atoms with Crippen LogP contribution in [0, 0.1) is 0 Å². The second-order valence-electron chi connectivity index (χ2n) is 2.70. The Balaban J connectivity index is 3.21. The third kappa shape index (κ3) is 2.40. The third-order valence-electron chi connectivity index (χ3n) is 1.43. The second-order valence-corrected chi connectivity index (χ2v) is 4.07. The summed E-state index contributed by atoms with van der Waals surface area (Å²) in [7, 11) is -0.732. The molecule has 1 rings (SSSR count). The Hall–Kier alpha value is -1.14. The van der Waals surface area contributed by atoms with Gasteiger partial charge in [0.25, 0.3) is 0 Å². The van der Waals surface area contributed by atoms with Crippen LogP contribution in [-0.2, 0) is 10.1 Å². The van der Waals surface area contributed by atoms with Gasteiger partial charge in [-0.05, 0) is 12.1 Å². The maximum Gasteiger partial charge on any atom is 0.312 e. The molecule has 0 aliphatic heterocycles. The molecule has 0 atom stereocenters. The Morgan fingerprint density at radius 3 is 2.46 bits per heavy atom. The van der Waals surface area contributed by atoms with Crippen LogP contribution in [0.1, 0.15) is 0 Å². The van der Waals surface area contributed by atoms with Gasteiger partial charge in [0.15, 0.2) is 5.03 Å². The molecule has 1 aromatic heterocycles. The largest absolute Gasteiger partial charge is 0.363 e. The van der Waals surface area contributed by atoms with E-state index in [2.05, 4.69) is 4.98 Å². The Labute approximate surface area is 76.8 Å². The minimum Gasteiger partial charge on any atom is -0.363 e. The monoisotopic (exact) mass is 202 g/mol. The average Bonchev–Trinajstić information content (AvgIpc) is 2.03. The standard InChI is InChI=1S/C7H10N2O3S/c1-9(2)6-4-3-5-7(8-6)13(10,11)12/h3-5H,1-2H3,(H,10,11,12). The zero-order valence-electron chi connectivity index (χ0n) is 7.30. The van der Waals surface area contributed by atoms with Crippen molar-refractivity contribution in [2.45, 2.75) is 5.03 Å². The van der Waals surface area contributed by atoms with Gasteiger partial charge in [-0.2, -0.15) is 8.42 Å². The summed E-state index contributed by atoms with van der Waals surface area (Å²) in [5.41, 5.74) is 0. The molecule has 0 saturated heterocycles. The van der Waals surface area contributed by atoms with Crippen molar-refractivity contribution in [3.8, 4) is 0 Å². The normalized spacial score (nSPS) is 11.3. The molecule has 0 amide bonds. The van der Waals surface area contributed by atoms with Crippen LogP contribution in [0.3, 0.4) is 0 Å². The number of hydrogen-bond donors (Lipinski definition) is 1. The zero-order chi connectivity index (χ0) is 10.1. The molecule has 5 nitrogen and oxygen atoms in total. The number of rotatable bonds is 2. The van der Waals surface area contributed by atoms with Crippen molar-refractivity contribution in [2.75, 3.05) is 19.0 Å². The Kier molecular flexibility index (Phi) is 2.53. The summed E-state index contributed by atoms with van der Waals surface area (Å²) in [4.78, 5) is 5.38. The number of hydrogen-bond acceptors (Lipinski definition) is 4. The van der Waals surface area contributed by atoms with E-state index < -0.39 is 10.1 Å². The van der Waals surface area contributed by atoms with Crippen molar-refractivity contribution >= 4 is 15.9 Å². The van der Waals surface area contributed by atoms with E-state index in [9.17, 15) is 8.42 Å². The lowest BCUT2D eigenvalue weighted by molar-refractivity contribution is 0.479. The van der Waals surface area contributed by atoms with Crippen molar-refractivity contribution in [3.63, 3.8) is 0 Å². The van der Waals surface area contributed by atoms with Crippen molar-refractivity contribution in [2.24, 2.45) is 0 Å². The van der Waals surface area contributed by atoms with E-state index in [-0.39, 0.29) is 5.03 Å². The first kappa shape index (κ1) is 9.94. The molecule has 13 heavy (non-hydrogen) atoms. The molecule has 1 aromatic rings. The summed E-state index contributed by atoms with van der Waals surface area (Å²) in [6.07, 6.45) is 0. The van der Waals surface area contributed by atoms with Crippen LogP contribution in [-0.4, -0.2) is 32.0 Å². The molecule has 0 aliphatic carbocycles. The predicted octanol–water partition coefficient (Wildman–Crippen LogP) is 0.394. The van der Waals surface area contributed by atoms with E-state index in [0.717, 1.165) is 0 Å². The average molecular weight is 202 g/mol. The number of aromatic nitrogens is 1. The fourth-order valence-electron chi connectivity index (χ4n) is 0.797. The summed E-state index contributed by atoms with van der Waals surface area (Å²) in [6.45, 7) is 0. The number of anilines is 1. The Morgan fingerprint density at radius 1 is 1.38 bits per heavy atom. The van der Waals surface area contributed by atoms with E-state index >= 15 is 0 Å². The molecule has 0 saturated carbocycles. The lowest BCUT2D eigenvalue weighted by Gasteiger charge is -2.10. The lowest BCUT2D eigenvalue weighted by Crippen LogP contribution is -2.12. The fourth-order valence-corrected chi connectivity index (χ4v) is 1.26. The summed E-state index contributed by atoms with van der Waals surface area (Å²) in [5.74, 6) is 0.482. The van der Waals surface area contributed by atoms with E-state index in [1.54, 1.807) is 25.1 Å². The SMILES string of the molecule is CN(C)c1cccc(S(=O)(=O)O)n1. The van der Waals surface area contributed by atoms with Crippen LogP contribution in [0.15, 0.2) is 23.2 Å². The number of nitrogens with zero attached hydrogens (tertiary/aromatic N) is 2. The highest BCUT2D eigenvalue weighted by molar-refractivity contribution is 7.85. The summed E-state index contributed by atoms with van der Waals surface area (Å²) < 4.78 is 30.1. The second kappa shape index (κ2) is 3.31. The first-order valence-electron chi connectivity index (χ1n) is 3.53. The maximum atomic E-state index is 10.7. The molecule has 1 heterocycles. The van der Waals surface area contributed by atoms with Gasteiger partial charge in [0.2, 0.25) is 0 Å². The number of pyridine rings is 1. The van der Waals surface area contributed by atoms with Crippen molar-refractivity contribution in [1.82, 2.24) is 4.98 Å². The smallest absolute Gasteiger partial charge is 0.312 e. The summed E-state index contributed by atoms with van der Waals surface area (Å²) >= 11 is 0. The molecule has 0 unspecified atom stereocenters. The van der Waals surface area contributed by atoms with Crippen molar-refractivity contribution in [3.05, 3.63) is 18.2 Å². The molecule has 0 aliphatic rings. The molecular formula is C7H10N2O3S. The third-order valence-corrected chi connectivity index (χ3v) is 2.19. The molecule has 6 heteroatoms. The van der Waals surface area contributed by atoms with Crippen molar-refractivity contribution < 1.29 is 13.0 Å². The van der Waals surface area contributed by atoms with Gasteiger partial charge in [-0.25, -0.2) is 4.98 Å². The predicted molar refractivity (Wildman–Crippen MR) is 48.4 cm³/mol. The molecule has 0 radical (unpaired) electrons. The van der Waals surface area contributed by atoms with Crippen LogP contribution in [0.2, 0.25) is 0 Å². The minimum absolute atomic E-state index is 0.335. The van der Waals surface area contributed by atoms with Crippen LogP contribution in [0.25, 0.3) is 0 Å². The van der Waals surface area contributed by atoms with E-state index in [1.807, 2.05) is 0 Å². The van der Waals surface area contributed by atoms with Crippen LogP contribution in [0.5, 0.6) is 0 Å². The molecule has 72 valence electrons. The molecule has 1 N–H and O–H groups in total. The maximum absolute atomic E-state index is 10.7. The Bertz CT molecular complexity index is 400. The van der Waals surface area contributed by atoms with E-state index in [4.69, 9.17) is 4.55 Å². The van der Waals surface area contributed by atoms with Gasteiger partial charge in [0.1, 0.15) is 5.82 Å². The van der Waals surface area contributed by atoms with Crippen LogP contribution >= 0.6 is 0 Å². The van der Waals surface area contributed by atoms with Gasteiger partial charge in [-0.3, -0.25) is 4.55 Å². The van der Waals surface area contributed by atoms with Gasteiger partial charge >= 0.3 is 10.1 Å². The summed E-state index contributed by atoms with van der Waals surface area (Å²) in [5, 5.41) is -0.335. The first-order chi connectivity index (χ1) is 5.91. The van der Waals surface area contributed by atoms with Gasteiger partial charge < -0.3 is 4.90 Å². The topological polar surface area (TPSA) is 70.5 Å². The van der Waals surface area contributed by atoms with Gasteiger partial charge in [-0.1, -0.05) is 6.07 Å². The minimum atomic E-state index is -4.20. The zero-order valence-corrected chi connectivity index (χ0v) is 8.11. The molecule has 0 fully saturated rings. The summed E-state index contributed by atoms with van der Waals surface area (Å²) in [6, 6.07) is 4.41. The van der Waals surface area contributed by atoms with Crippen molar-refractivity contribution in [1.29, 1.82) is 0 Å². The van der Waals surface area contributed by atoms with Crippen LogP contribution in [0.4, 0.5) is 5.82 Å². The molecular weight excluding hydrogens is 192 g/mol. The highest BCUT2D eigenvalue weighted by atomic mass is 32.2. The van der Waals surface area contributed by atoms with Gasteiger partial charge in [-0.15, -0.1) is 0 Å². The van der Waals surface area contributed by atoms with E-state index in [1.165, 1.54) is 12.1 Å². The molecule has 0 aromatic carbocycles. The highest BCUT2D eigenvalue weighted by Gasteiger charge is 2.11. The van der Waals surface area contributed by atoms with Crippen LogP contribution < -0.4 is 4.90 Å². The molecule has 0 bridgehead atoms. The fraction of sp³-hybridized carbons (Fsp3) is 0.286. The van der Waals surface area contributed by atoms with Gasteiger partial charge in [0, 0.05) is 14.1 Å². The van der Waals surface area contributed by atoms with E-state index in [0.29, 0.717) is 5.82 Å². The Morgan fingerprint density at radius 2 is 2.00 bits per heavy atom. The quantitative estimate of drug-likeness (QED) is 0.703. The first-order valence-corrected chi connectivity index (χ1v) is 4.97. The highest BCUT2D eigenvalue weighted by Crippen LogP contribution is 2.11. The lowest BCUT2D eigenvalue weighted by atomic mass is 10.4.